The van der Waals surface area contributed by atoms with Gasteiger partial charge in [0.2, 0.25) is 5.91 Å². The van der Waals surface area contributed by atoms with Crippen LogP contribution in [0.2, 0.25) is 0 Å². The van der Waals surface area contributed by atoms with E-state index in [4.69, 9.17) is 0 Å². The second kappa shape index (κ2) is 6.30. The number of aryl methyl sites for hydroxylation is 1. The molecule has 1 aliphatic rings. The molecule has 0 saturated heterocycles. The monoisotopic (exact) mass is 338 g/mol. The second-order valence-electron chi connectivity index (χ2n) is 6.15. The number of aromatic nitrogens is 2. The highest BCUT2D eigenvalue weighted by molar-refractivity contribution is 7.00. The van der Waals surface area contributed by atoms with Gasteiger partial charge in [0.1, 0.15) is 11.0 Å². The first-order valence-corrected chi connectivity index (χ1v) is 8.74. The molecule has 1 amide bonds. The second-order valence-corrected chi connectivity index (χ2v) is 6.68. The summed E-state index contributed by atoms with van der Waals surface area (Å²) in [7, 11) is 2.01. The quantitative estimate of drug-likeness (QED) is 0.793. The predicted molar refractivity (Wildman–Crippen MR) is 96.2 cm³/mol. The summed E-state index contributed by atoms with van der Waals surface area (Å²) >= 11 is 1.16. The third kappa shape index (κ3) is 2.79. The number of benzene rings is 2. The Morgan fingerprint density at radius 3 is 3.04 bits per heavy atom. The van der Waals surface area contributed by atoms with Gasteiger partial charge in [-0.3, -0.25) is 9.69 Å². The first-order valence-electron chi connectivity index (χ1n) is 8.01. The average molecular weight is 338 g/mol. The van der Waals surface area contributed by atoms with Gasteiger partial charge in [-0.15, -0.1) is 0 Å². The van der Waals surface area contributed by atoms with Crippen LogP contribution in [-0.2, 0) is 11.2 Å². The number of carbonyl (C=O) groups excluding carboxylic acids is 1. The fourth-order valence-corrected chi connectivity index (χ4v) is 3.98. The molecule has 1 N–H and O–H groups in total. The third-order valence-electron chi connectivity index (χ3n) is 4.59. The van der Waals surface area contributed by atoms with Gasteiger partial charge in [0.25, 0.3) is 0 Å². The van der Waals surface area contributed by atoms with Gasteiger partial charge in [-0.2, -0.15) is 8.75 Å². The molecule has 0 aliphatic heterocycles. The third-order valence-corrected chi connectivity index (χ3v) is 5.13. The molecule has 1 aliphatic carbocycles. The van der Waals surface area contributed by atoms with Gasteiger partial charge in [-0.1, -0.05) is 30.3 Å². The van der Waals surface area contributed by atoms with Crippen LogP contribution >= 0.6 is 11.7 Å². The Morgan fingerprint density at radius 1 is 1.25 bits per heavy atom. The van der Waals surface area contributed by atoms with Crippen LogP contribution in [0.5, 0.6) is 0 Å². The zero-order valence-electron chi connectivity index (χ0n) is 13.4. The molecule has 0 spiro atoms. The minimum Gasteiger partial charge on any atom is -0.323 e. The van der Waals surface area contributed by atoms with Gasteiger partial charge in [0.15, 0.2) is 0 Å². The zero-order chi connectivity index (χ0) is 16.5. The number of rotatable bonds is 4. The number of fused-ring (bicyclic) bond motifs is 2. The van der Waals surface area contributed by atoms with Crippen molar-refractivity contribution >= 4 is 34.4 Å². The Balaban J connectivity index is 1.46. The van der Waals surface area contributed by atoms with E-state index in [0.717, 1.165) is 41.3 Å². The maximum absolute atomic E-state index is 12.5. The maximum Gasteiger partial charge on any atom is 0.238 e. The van der Waals surface area contributed by atoms with Gasteiger partial charge in [-0.25, -0.2) is 0 Å². The van der Waals surface area contributed by atoms with E-state index in [-0.39, 0.29) is 5.91 Å². The Kier molecular flexibility index (Phi) is 4.00. The Labute approximate surface area is 144 Å². The van der Waals surface area contributed by atoms with Gasteiger partial charge in [-0.05, 0) is 43.1 Å². The molecule has 0 unspecified atom stereocenters. The van der Waals surface area contributed by atoms with Crippen LogP contribution in [0.3, 0.4) is 0 Å². The van der Waals surface area contributed by atoms with Crippen LogP contribution in [0.25, 0.3) is 11.0 Å². The summed E-state index contributed by atoms with van der Waals surface area (Å²) < 4.78 is 8.46. The van der Waals surface area contributed by atoms with E-state index in [9.17, 15) is 4.79 Å². The molecule has 1 atom stereocenters. The predicted octanol–water partition coefficient (Wildman–Crippen LogP) is 3.25. The number of hydrogen-bond donors (Lipinski definition) is 1. The molecule has 122 valence electrons. The normalized spacial score (nSPS) is 16.5. The fourth-order valence-electron chi connectivity index (χ4n) is 3.43. The van der Waals surface area contributed by atoms with Gasteiger partial charge >= 0.3 is 0 Å². The smallest absolute Gasteiger partial charge is 0.238 e. The molecule has 2 aromatic carbocycles. The first kappa shape index (κ1) is 15.2. The highest BCUT2D eigenvalue weighted by Gasteiger charge is 2.26. The van der Waals surface area contributed by atoms with Crippen molar-refractivity contribution in [1.29, 1.82) is 0 Å². The van der Waals surface area contributed by atoms with Gasteiger partial charge in [0.05, 0.1) is 24.0 Å². The highest BCUT2D eigenvalue weighted by atomic mass is 32.1. The standard InChI is InChI=1S/C18H18N4OS/c1-22(16-10-9-12-5-2-3-6-13(12)16)11-17(23)19-14-7-4-8-15-18(14)21-24-20-15/h2-8,16H,9-11H2,1H3,(H,19,23)/t16-/m0/s1. The SMILES string of the molecule is CN(CC(=O)Nc1cccc2nsnc12)[C@H]1CCc2ccccc21. The van der Waals surface area contributed by atoms with E-state index in [1.807, 2.05) is 25.2 Å². The van der Waals surface area contributed by atoms with Crippen LogP contribution in [0, 0.1) is 0 Å². The molecule has 3 aromatic rings. The lowest BCUT2D eigenvalue weighted by Crippen LogP contribution is -2.32. The van der Waals surface area contributed by atoms with Crippen molar-refractivity contribution in [2.45, 2.75) is 18.9 Å². The maximum atomic E-state index is 12.5. The Bertz CT molecular complexity index is 891. The van der Waals surface area contributed by atoms with Gasteiger partial charge in [0, 0.05) is 6.04 Å². The van der Waals surface area contributed by atoms with Crippen LogP contribution in [0.15, 0.2) is 42.5 Å². The fraction of sp³-hybridized carbons (Fsp3) is 0.278. The molecular formula is C18H18N4OS. The van der Waals surface area contributed by atoms with Crippen molar-refractivity contribution in [2.75, 3.05) is 18.9 Å². The topological polar surface area (TPSA) is 58.1 Å². The molecule has 5 nitrogen and oxygen atoms in total. The summed E-state index contributed by atoms with van der Waals surface area (Å²) in [4.78, 5) is 14.6. The van der Waals surface area contributed by atoms with E-state index in [1.54, 1.807) is 0 Å². The molecule has 0 fully saturated rings. The zero-order valence-corrected chi connectivity index (χ0v) is 14.2. The number of anilines is 1. The lowest BCUT2D eigenvalue weighted by molar-refractivity contribution is -0.117. The number of hydrogen-bond acceptors (Lipinski definition) is 5. The summed E-state index contributed by atoms with van der Waals surface area (Å²) in [5, 5.41) is 2.97. The average Bonchev–Trinajstić information content (AvgIpc) is 3.22. The summed E-state index contributed by atoms with van der Waals surface area (Å²) in [6, 6.07) is 14.5. The van der Waals surface area contributed by atoms with Crippen LogP contribution < -0.4 is 5.32 Å². The van der Waals surface area contributed by atoms with Crippen LogP contribution in [0.1, 0.15) is 23.6 Å². The van der Waals surface area contributed by atoms with E-state index in [0.29, 0.717) is 12.6 Å². The lowest BCUT2D eigenvalue weighted by Gasteiger charge is -2.24. The number of likely N-dealkylation sites (N-methyl/N-ethyl adjacent to an activating group) is 1. The number of carbonyl (C=O) groups is 1. The van der Waals surface area contributed by atoms with Crippen molar-refractivity contribution in [1.82, 2.24) is 13.6 Å². The molecule has 24 heavy (non-hydrogen) atoms. The molecule has 0 saturated carbocycles. The minimum atomic E-state index is -0.0256. The summed E-state index contributed by atoms with van der Waals surface area (Å²) in [6.45, 7) is 0.354. The van der Waals surface area contributed by atoms with E-state index >= 15 is 0 Å². The number of nitrogens with zero attached hydrogens (tertiary/aromatic N) is 3. The Morgan fingerprint density at radius 2 is 2.12 bits per heavy atom. The van der Waals surface area contributed by atoms with Crippen LogP contribution in [-0.4, -0.2) is 33.1 Å². The van der Waals surface area contributed by atoms with Crippen LogP contribution in [0.4, 0.5) is 5.69 Å². The number of amides is 1. The van der Waals surface area contributed by atoms with E-state index in [2.05, 4.69) is 43.2 Å². The molecule has 6 heteroatoms. The molecule has 1 aromatic heterocycles. The molecular weight excluding hydrogens is 320 g/mol. The lowest BCUT2D eigenvalue weighted by atomic mass is 10.1. The van der Waals surface area contributed by atoms with Crippen molar-refractivity contribution in [3.05, 3.63) is 53.6 Å². The van der Waals surface area contributed by atoms with E-state index in [1.165, 1.54) is 11.1 Å². The largest absolute Gasteiger partial charge is 0.323 e. The molecule has 4 rings (SSSR count). The number of nitrogens with one attached hydrogen (secondary N) is 1. The van der Waals surface area contributed by atoms with E-state index < -0.39 is 0 Å². The summed E-state index contributed by atoms with van der Waals surface area (Å²) in [5.74, 6) is -0.0256. The van der Waals surface area contributed by atoms with Crippen molar-refractivity contribution < 1.29 is 4.79 Å². The van der Waals surface area contributed by atoms with Gasteiger partial charge < -0.3 is 5.32 Å². The van der Waals surface area contributed by atoms with Crippen molar-refractivity contribution in [2.24, 2.45) is 0 Å². The molecule has 1 heterocycles. The first-order chi connectivity index (χ1) is 11.7. The Hall–Kier alpha value is -2.31. The minimum absolute atomic E-state index is 0.0256. The molecule has 0 radical (unpaired) electrons. The van der Waals surface area contributed by atoms with Crippen molar-refractivity contribution in [3.8, 4) is 0 Å². The van der Waals surface area contributed by atoms with Crippen molar-refractivity contribution in [3.63, 3.8) is 0 Å². The molecule has 0 bridgehead atoms. The summed E-state index contributed by atoms with van der Waals surface area (Å²) in [6.07, 6.45) is 2.14. The summed E-state index contributed by atoms with van der Waals surface area (Å²) in [5.41, 5.74) is 5.04. The highest BCUT2D eigenvalue weighted by Crippen LogP contribution is 2.34.